The molecule has 1 N–H and O–H groups in total. The number of nitrogens with zero attached hydrogens (tertiary/aromatic N) is 1. The highest BCUT2D eigenvalue weighted by molar-refractivity contribution is 7.16. The second-order valence-electron chi connectivity index (χ2n) is 5.87. The Morgan fingerprint density at radius 2 is 1.96 bits per heavy atom. The van der Waals surface area contributed by atoms with Gasteiger partial charge in [0.25, 0.3) is 0 Å². The fourth-order valence-electron chi connectivity index (χ4n) is 2.54. The van der Waals surface area contributed by atoms with Crippen molar-refractivity contribution in [3.63, 3.8) is 0 Å². The third-order valence-electron chi connectivity index (χ3n) is 3.84. The number of hydrogen-bond acceptors (Lipinski definition) is 4. The number of carbonyl (C=O) groups is 1. The Morgan fingerprint density at radius 1 is 1.21 bits per heavy atom. The first kappa shape index (κ1) is 20.4. The lowest BCUT2D eigenvalue weighted by Gasteiger charge is -2.04. The highest BCUT2D eigenvalue weighted by Crippen LogP contribution is 2.31. The molecular weight excluding hydrogens is 415 g/mol. The predicted octanol–water partition coefficient (Wildman–Crippen LogP) is 6.48. The number of anilines is 1. The van der Waals surface area contributed by atoms with Gasteiger partial charge in [-0.05, 0) is 61.9 Å². The van der Waals surface area contributed by atoms with E-state index in [1.807, 2.05) is 38.1 Å². The van der Waals surface area contributed by atoms with E-state index >= 15 is 0 Å². The van der Waals surface area contributed by atoms with Gasteiger partial charge in [0.05, 0.1) is 12.3 Å². The van der Waals surface area contributed by atoms with Gasteiger partial charge in [0.2, 0.25) is 5.91 Å². The number of halogens is 2. The Hall–Kier alpha value is -2.34. The molecule has 0 atom stereocenters. The van der Waals surface area contributed by atoms with Gasteiger partial charge in [-0.3, -0.25) is 10.1 Å². The van der Waals surface area contributed by atoms with Crippen LogP contribution in [0.4, 0.5) is 5.13 Å². The number of nitrogens with one attached hydrogen (secondary N) is 1. The summed E-state index contributed by atoms with van der Waals surface area (Å²) in [6, 6.07) is 12.9. The van der Waals surface area contributed by atoms with Crippen LogP contribution >= 0.6 is 34.5 Å². The quantitative estimate of drug-likeness (QED) is 0.453. The van der Waals surface area contributed by atoms with E-state index in [-0.39, 0.29) is 5.91 Å². The Morgan fingerprint density at radius 3 is 2.64 bits per heavy atom. The molecule has 1 amide bonds. The van der Waals surface area contributed by atoms with E-state index in [1.165, 1.54) is 17.4 Å². The topological polar surface area (TPSA) is 51.2 Å². The molecule has 28 heavy (non-hydrogen) atoms. The summed E-state index contributed by atoms with van der Waals surface area (Å²) in [6.45, 7) is 4.55. The summed E-state index contributed by atoms with van der Waals surface area (Å²) in [5.74, 6) is 0.539. The van der Waals surface area contributed by atoms with Crippen molar-refractivity contribution in [3.8, 4) is 17.0 Å². The first-order valence-corrected chi connectivity index (χ1v) is 10.2. The molecule has 0 aliphatic rings. The Bertz CT molecular complexity index is 1010. The average Bonchev–Trinajstić information content (AvgIpc) is 3.02. The van der Waals surface area contributed by atoms with Crippen LogP contribution in [-0.4, -0.2) is 17.5 Å². The van der Waals surface area contributed by atoms with Gasteiger partial charge in [-0.25, -0.2) is 4.98 Å². The van der Waals surface area contributed by atoms with Crippen LogP contribution in [0.15, 0.2) is 48.5 Å². The van der Waals surface area contributed by atoms with Crippen LogP contribution in [0.25, 0.3) is 17.3 Å². The molecule has 0 spiro atoms. The van der Waals surface area contributed by atoms with E-state index in [0.29, 0.717) is 27.3 Å². The van der Waals surface area contributed by atoms with Crippen LogP contribution in [0, 0.1) is 6.92 Å². The molecule has 0 aliphatic carbocycles. The van der Waals surface area contributed by atoms with E-state index in [2.05, 4.69) is 10.3 Å². The summed E-state index contributed by atoms with van der Waals surface area (Å²) >= 11 is 13.4. The fourth-order valence-corrected chi connectivity index (χ4v) is 3.85. The molecular formula is C21H18Cl2N2O2S. The molecule has 2 aromatic carbocycles. The highest BCUT2D eigenvalue weighted by atomic mass is 35.5. The summed E-state index contributed by atoms with van der Waals surface area (Å²) in [7, 11) is 0. The third kappa shape index (κ3) is 5.13. The number of hydrogen-bond donors (Lipinski definition) is 1. The molecule has 0 aliphatic heterocycles. The van der Waals surface area contributed by atoms with E-state index in [4.69, 9.17) is 27.9 Å². The van der Waals surface area contributed by atoms with Crippen LogP contribution < -0.4 is 10.1 Å². The standard InChI is InChI=1S/C21H18Cl2N2O2S/c1-3-27-17-9-5-15(6-10-17)20-13(2)28-21(25-20)24-19(26)11-7-14-4-8-16(22)12-18(14)23/h4-12H,3H2,1-2H3,(H,24,25,26)/b11-7+. The van der Waals surface area contributed by atoms with Crippen molar-refractivity contribution in [2.45, 2.75) is 13.8 Å². The smallest absolute Gasteiger partial charge is 0.250 e. The molecule has 7 heteroatoms. The van der Waals surface area contributed by atoms with Gasteiger partial charge in [-0.1, -0.05) is 29.3 Å². The Labute approximate surface area is 177 Å². The van der Waals surface area contributed by atoms with Crippen molar-refractivity contribution in [2.24, 2.45) is 0 Å². The zero-order chi connectivity index (χ0) is 20.1. The first-order valence-electron chi connectivity index (χ1n) is 8.61. The van der Waals surface area contributed by atoms with E-state index in [1.54, 1.807) is 24.3 Å². The monoisotopic (exact) mass is 432 g/mol. The first-order chi connectivity index (χ1) is 13.5. The lowest BCUT2D eigenvalue weighted by atomic mass is 10.1. The SMILES string of the molecule is CCOc1ccc(-c2nc(NC(=O)/C=C/c3ccc(Cl)cc3Cl)sc2C)cc1. The summed E-state index contributed by atoms with van der Waals surface area (Å²) < 4.78 is 5.46. The maximum Gasteiger partial charge on any atom is 0.250 e. The Balaban J connectivity index is 1.70. The molecule has 4 nitrogen and oxygen atoms in total. The van der Waals surface area contributed by atoms with Crippen LogP contribution in [0.5, 0.6) is 5.75 Å². The van der Waals surface area contributed by atoms with Gasteiger partial charge in [0.15, 0.2) is 5.13 Å². The molecule has 0 unspecified atom stereocenters. The van der Waals surface area contributed by atoms with E-state index in [9.17, 15) is 4.79 Å². The lowest BCUT2D eigenvalue weighted by molar-refractivity contribution is -0.111. The number of amides is 1. The molecule has 0 saturated carbocycles. The molecule has 1 heterocycles. The second-order valence-corrected chi connectivity index (χ2v) is 7.92. The summed E-state index contributed by atoms with van der Waals surface area (Å²) in [5, 5.41) is 4.37. The van der Waals surface area contributed by atoms with E-state index in [0.717, 1.165) is 21.9 Å². The lowest BCUT2D eigenvalue weighted by Crippen LogP contribution is -2.07. The molecule has 144 valence electrons. The number of aryl methyl sites for hydroxylation is 1. The number of carbonyl (C=O) groups excluding carboxylic acids is 1. The van der Waals surface area contributed by atoms with Crippen molar-refractivity contribution < 1.29 is 9.53 Å². The minimum atomic E-state index is -0.280. The third-order valence-corrected chi connectivity index (χ3v) is 5.29. The van der Waals surface area contributed by atoms with Gasteiger partial charge in [-0.2, -0.15) is 0 Å². The zero-order valence-electron chi connectivity index (χ0n) is 15.3. The van der Waals surface area contributed by atoms with Crippen molar-refractivity contribution in [1.29, 1.82) is 0 Å². The van der Waals surface area contributed by atoms with Crippen molar-refractivity contribution >= 4 is 51.7 Å². The zero-order valence-corrected chi connectivity index (χ0v) is 17.7. The maximum atomic E-state index is 12.2. The van der Waals surface area contributed by atoms with Gasteiger partial charge in [0, 0.05) is 26.6 Å². The predicted molar refractivity (Wildman–Crippen MR) is 118 cm³/mol. The molecule has 0 bridgehead atoms. The molecule has 3 aromatic rings. The second kappa shape index (κ2) is 9.24. The summed E-state index contributed by atoms with van der Waals surface area (Å²) in [4.78, 5) is 17.8. The van der Waals surface area contributed by atoms with Crippen LogP contribution in [-0.2, 0) is 4.79 Å². The van der Waals surface area contributed by atoms with Gasteiger partial charge < -0.3 is 4.74 Å². The normalized spacial score (nSPS) is 11.0. The van der Waals surface area contributed by atoms with Crippen LogP contribution in [0.1, 0.15) is 17.4 Å². The van der Waals surface area contributed by atoms with Gasteiger partial charge in [-0.15, -0.1) is 11.3 Å². The number of ether oxygens (including phenoxy) is 1. The number of thiazole rings is 1. The molecule has 0 saturated heterocycles. The largest absolute Gasteiger partial charge is 0.494 e. The average molecular weight is 433 g/mol. The number of benzene rings is 2. The maximum absolute atomic E-state index is 12.2. The minimum Gasteiger partial charge on any atom is -0.494 e. The molecule has 0 radical (unpaired) electrons. The Kier molecular flexibility index (Phi) is 6.73. The summed E-state index contributed by atoms with van der Waals surface area (Å²) in [6.07, 6.45) is 3.06. The van der Waals surface area contributed by atoms with E-state index < -0.39 is 0 Å². The van der Waals surface area contributed by atoms with Crippen LogP contribution in [0.2, 0.25) is 10.0 Å². The van der Waals surface area contributed by atoms with Gasteiger partial charge >= 0.3 is 0 Å². The van der Waals surface area contributed by atoms with Crippen molar-refractivity contribution in [2.75, 3.05) is 11.9 Å². The van der Waals surface area contributed by atoms with Crippen molar-refractivity contribution in [3.05, 3.63) is 69.0 Å². The van der Waals surface area contributed by atoms with Gasteiger partial charge in [0.1, 0.15) is 5.75 Å². The molecule has 0 fully saturated rings. The summed E-state index contributed by atoms with van der Waals surface area (Å²) in [5.41, 5.74) is 2.53. The fraction of sp³-hybridized carbons (Fsp3) is 0.143. The minimum absolute atomic E-state index is 0.280. The van der Waals surface area contributed by atoms with Crippen LogP contribution in [0.3, 0.4) is 0 Å². The number of aromatic nitrogens is 1. The highest BCUT2D eigenvalue weighted by Gasteiger charge is 2.11. The molecule has 1 aromatic heterocycles. The van der Waals surface area contributed by atoms with Crippen molar-refractivity contribution in [1.82, 2.24) is 4.98 Å². The molecule has 3 rings (SSSR count). The number of rotatable bonds is 6.